The van der Waals surface area contributed by atoms with Crippen molar-refractivity contribution < 1.29 is 4.79 Å². The number of nitrogens with zero attached hydrogens (tertiary/aromatic N) is 1. The Hall–Kier alpha value is -0.610. The van der Waals surface area contributed by atoms with E-state index in [-0.39, 0.29) is 5.91 Å². The van der Waals surface area contributed by atoms with Crippen LogP contribution in [0.2, 0.25) is 0 Å². The third-order valence-electron chi connectivity index (χ3n) is 5.93. The molecule has 22 heavy (non-hydrogen) atoms. The highest BCUT2D eigenvalue weighted by molar-refractivity contribution is 5.76. The summed E-state index contributed by atoms with van der Waals surface area (Å²) >= 11 is 0. The van der Waals surface area contributed by atoms with Gasteiger partial charge >= 0.3 is 0 Å². The molecule has 1 unspecified atom stereocenters. The molecular formula is C18H33N3O. The lowest BCUT2D eigenvalue weighted by Crippen LogP contribution is -2.48. The van der Waals surface area contributed by atoms with Crippen molar-refractivity contribution in [1.82, 2.24) is 15.5 Å². The number of piperidine rings is 1. The molecule has 1 amide bonds. The van der Waals surface area contributed by atoms with Gasteiger partial charge in [0.25, 0.3) is 0 Å². The van der Waals surface area contributed by atoms with E-state index < -0.39 is 0 Å². The van der Waals surface area contributed by atoms with Gasteiger partial charge in [0.2, 0.25) is 5.91 Å². The smallest absolute Gasteiger partial charge is 0.220 e. The maximum absolute atomic E-state index is 12.1. The van der Waals surface area contributed by atoms with Gasteiger partial charge in [-0.3, -0.25) is 4.79 Å². The Kier molecular flexibility index (Phi) is 6.13. The normalized spacial score (nSPS) is 28.8. The van der Waals surface area contributed by atoms with Gasteiger partial charge in [-0.25, -0.2) is 0 Å². The van der Waals surface area contributed by atoms with Crippen LogP contribution in [0.3, 0.4) is 0 Å². The second-order valence-electron chi connectivity index (χ2n) is 7.57. The van der Waals surface area contributed by atoms with Crippen LogP contribution >= 0.6 is 0 Å². The van der Waals surface area contributed by atoms with Crippen LogP contribution in [0.1, 0.15) is 64.2 Å². The topological polar surface area (TPSA) is 44.4 Å². The Morgan fingerprint density at radius 1 is 1.05 bits per heavy atom. The standard InChI is InChI=1S/C18H33N3O/c22-18(7-6-15-8-11-19-14-15)20-16-9-12-21(13-10-16)17-4-2-1-3-5-17/h15-17,19H,1-14H2,(H,20,22). The largest absolute Gasteiger partial charge is 0.353 e. The lowest BCUT2D eigenvalue weighted by molar-refractivity contribution is -0.122. The molecule has 4 nitrogen and oxygen atoms in total. The van der Waals surface area contributed by atoms with Crippen molar-refractivity contribution in [1.29, 1.82) is 0 Å². The number of carbonyl (C=O) groups excluding carboxylic acids is 1. The van der Waals surface area contributed by atoms with Crippen LogP contribution in [0, 0.1) is 5.92 Å². The summed E-state index contributed by atoms with van der Waals surface area (Å²) in [6, 6.07) is 1.26. The number of amides is 1. The first-order chi connectivity index (χ1) is 10.8. The van der Waals surface area contributed by atoms with Crippen molar-refractivity contribution in [2.75, 3.05) is 26.2 Å². The summed E-state index contributed by atoms with van der Waals surface area (Å²) in [6.45, 7) is 4.60. The first-order valence-electron chi connectivity index (χ1n) is 9.55. The summed E-state index contributed by atoms with van der Waals surface area (Å²) in [6.07, 6.45) is 12.4. The zero-order valence-corrected chi connectivity index (χ0v) is 14.0. The highest BCUT2D eigenvalue weighted by Gasteiger charge is 2.26. The van der Waals surface area contributed by atoms with E-state index in [9.17, 15) is 4.79 Å². The summed E-state index contributed by atoms with van der Waals surface area (Å²) in [7, 11) is 0. The molecule has 0 bridgehead atoms. The summed E-state index contributed by atoms with van der Waals surface area (Å²) in [5.74, 6) is 1.00. The first-order valence-corrected chi connectivity index (χ1v) is 9.55. The second kappa shape index (κ2) is 8.30. The van der Waals surface area contributed by atoms with Crippen LogP contribution in [-0.2, 0) is 4.79 Å². The van der Waals surface area contributed by atoms with Crippen molar-refractivity contribution in [3.8, 4) is 0 Å². The van der Waals surface area contributed by atoms with Crippen molar-refractivity contribution in [2.24, 2.45) is 5.92 Å². The van der Waals surface area contributed by atoms with Crippen molar-refractivity contribution in [3.05, 3.63) is 0 Å². The van der Waals surface area contributed by atoms with Crippen molar-refractivity contribution >= 4 is 5.91 Å². The van der Waals surface area contributed by atoms with Crippen LogP contribution in [0.5, 0.6) is 0 Å². The Morgan fingerprint density at radius 2 is 1.82 bits per heavy atom. The van der Waals surface area contributed by atoms with Gasteiger partial charge in [0.1, 0.15) is 0 Å². The fourth-order valence-corrected chi connectivity index (χ4v) is 4.45. The van der Waals surface area contributed by atoms with E-state index in [2.05, 4.69) is 15.5 Å². The van der Waals surface area contributed by atoms with Crippen LogP contribution in [0.25, 0.3) is 0 Å². The highest BCUT2D eigenvalue weighted by Crippen LogP contribution is 2.25. The number of hydrogen-bond donors (Lipinski definition) is 2. The van der Waals surface area contributed by atoms with E-state index in [1.165, 1.54) is 51.6 Å². The Bertz CT molecular complexity index is 340. The summed E-state index contributed by atoms with van der Waals surface area (Å²) in [5.41, 5.74) is 0. The van der Waals surface area contributed by atoms with Gasteiger partial charge in [0.05, 0.1) is 0 Å². The molecule has 0 aromatic carbocycles. The van der Waals surface area contributed by atoms with Crippen molar-refractivity contribution in [2.45, 2.75) is 76.3 Å². The molecule has 0 spiro atoms. The van der Waals surface area contributed by atoms with E-state index in [0.29, 0.717) is 6.04 Å². The number of carbonyl (C=O) groups is 1. The van der Waals surface area contributed by atoms with Crippen LogP contribution in [-0.4, -0.2) is 49.1 Å². The van der Waals surface area contributed by atoms with E-state index in [0.717, 1.165) is 50.7 Å². The Balaban J connectivity index is 1.31. The molecular weight excluding hydrogens is 274 g/mol. The highest BCUT2D eigenvalue weighted by atomic mass is 16.1. The van der Waals surface area contributed by atoms with E-state index in [1.54, 1.807) is 0 Å². The lowest BCUT2D eigenvalue weighted by Gasteiger charge is -2.39. The van der Waals surface area contributed by atoms with E-state index in [4.69, 9.17) is 0 Å². The third-order valence-corrected chi connectivity index (χ3v) is 5.93. The van der Waals surface area contributed by atoms with Gasteiger partial charge in [-0.05, 0) is 57.5 Å². The predicted octanol–water partition coefficient (Wildman–Crippen LogP) is 2.29. The number of rotatable bonds is 5. The monoisotopic (exact) mass is 307 g/mol. The molecule has 0 aromatic heterocycles. The van der Waals surface area contributed by atoms with Crippen LogP contribution in [0.4, 0.5) is 0 Å². The third kappa shape index (κ3) is 4.69. The SMILES string of the molecule is O=C(CCC1CCNC1)NC1CCN(C2CCCCC2)CC1. The minimum Gasteiger partial charge on any atom is -0.353 e. The minimum absolute atomic E-state index is 0.281. The average molecular weight is 307 g/mol. The molecule has 4 heteroatoms. The van der Waals surface area contributed by atoms with Gasteiger partial charge in [-0.15, -0.1) is 0 Å². The van der Waals surface area contributed by atoms with Gasteiger partial charge in [0.15, 0.2) is 0 Å². The van der Waals surface area contributed by atoms with Gasteiger partial charge < -0.3 is 15.5 Å². The first kappa shape index (κ1) is 16.3. The fourth-order valence-electron chi connectivity index (χ4n) is 4.45. The lowest BCUT2D eigenvalue weighted by atomic mass is 9.92. The molecule has 126 valence electrons. The van der Waals surface area contributed by atoms with Crippen LogP contribution in [0.15, 0.2) is 0 Å². The van der Waals surface area contributed by atoms with Gasteiger partial charge in [-0.2, -0.15) is 0 Å². The fraction of sp³-hybridized carbons (Fsp3) is 0.944. The molecule has 2 aliphatic heterocycles. The quantitative estimate of drug-likeness (QED) is 0.819. The summed E-state index contributed by atoms with van der Waals surface area (Å²) in [5, 5.41) is 6.66. The van der Waals surface area contributed by atoms with E-state index in [1.807, 2.05) is 0 Å². The molecule has 3 rings (SSSR count). The molecule has 0 radical (unpaired) electrons. The number of likely N-dealkylation sites (tertiary alicyclic amines) is 1. The Morgan fingerprint density at radius 3 is 2.50 bits per heavy atom. The average Bonchev–Trinajstić information content (AvgIpc) is 3.08. The van der Waals surface area contributed by atoms with Crippen molar-refractivity contribution in [3.63, 3.8) is 0 Å². The van der Waals surface area contributed by atoms with Gasteiger partial charge in [0, 0.05) is 31.6 Å². The summed E-state index contributed by atoms with van der Waals surface area (Å²) < 4.78 is 0. The summed E-state index contributed by atoms with van der Waals surface area (Å²) in [4.78, 5) is 14.8. The molecule has 3 aliphatic rings. The van der Waals surface area contributed by atoms with E-state index >= 15 is 0 Å². The molecule has 1 aliphatic carbocycles. The zero-order chi connectivity index (χ0) is 15.2. The molecule has 1 atom stereocenters. The number of hydrogen-bond acceptors (Lipinski definition) is 3. The zero-order valence-electron chi connectivity index (χ0n) is 14.0. The van der Waals surface area contributed by atoms with Gasteiger partial charge in [-0.1, -0.05) is 19.3 Å². The van der Waals surface area contributed by atoms with Crippen LogP contribution < -0.4 is 10.6 Å². The molecule has 0 aromatic rings. The molecule has 2 saturated heterocycles. The minimum atomic E-state index is 0.281. The predicted molar refractivity (Wildman–Crippen MR) is 89.8 cm³/mol. The molecule has 1 saturated carbocycles. The maximum atomic E-state index is 12.1. The molecule has 3 fully saturated rings. The second-order valence-corrected chi connectivity index (χ2v) is 7.57. The molecule has 2 N–H and O–H groups in total. The maximum Gasteiger partial charge on any atom is 0.220 e. The molecule has 2 heterocycles. The number of nitrogens with one attached hydrogen (secondary N) is 2. The Labute approximate surface area is 135 Å².